The lowest BCUT2D eigenvalue weighted by Crippen LogP contribution is -2.52. The van der Waals surface area contributed by atoms with Gasteiger partial charge in [-0.3, -0.25) is 0 Å². The van der Waals surface area contributed by atoms with Gasteiger partial charge in [0.1, 0.15) is 0 Å². The summed E-state index contributed by atoms with van der Waals surface area (Å²) in [4.78, 5) is 0. The number of nitrogens with zero attached hydrogens (tertiary/aromatic N) is 1. The topological polar surface area (TPSA) is 14.2 Å². The first kappa shape index (κ1) is 16.5. The minimum Gasteiger partial charge on any atom is -0.551 e. The van der Waals surface area contributed by atoms with E-state index in [1.165, 1.54) is 49.5 Å². The lowest BCUT2D eigenvalue weighted by molar-refractivity contribution is 0.591. The van der Waals surface area contributed by atoms with E-state index in [-0.39, 0.29) is 6.92 Å². The molecule has 1 aliphatic heterocycles. The number of aryl methyl sites for hydroxylation is 2. The maximum Gasteiger partial charge on any atom is 0.430 e. The minimum absolute atomic E-state index is 0.131. The standard InChI is InChI=1S/C26H20BNO/c1-17-12-13-24-20(14-17)21-15-18(2)16-23-26(21)28(24)25-11-7-6-10-22(25)27(23)29-19-8-4-3-5-9-19/h3-16H,1-2H3. The number of aromatic nitrogens is 1. The maximum atomic E-state index is 6.59. The van der Waals surface area contributed by atoms with E-state index >= 15 is 0 Å². The number of para-hydroxylation sites is 2. The summed E-state index contributed by atoms with van der Waals surface area (Å²) in [5, 5.41) is 2.61. The second kappa shape index (κ2) is 6.02. The number of hydrogen-bond donors (Lipinski definition) is 0. The third-order valence-electron chi connectivity index (χ3n) is 5.93. The van der Waals surface area contributed by atoms with Gasteiger partial charge in [0.05, 0.1) is 16.8 Å². The van der Waals surface area contributed by atoms with Crippen molar-refractivity contribution in [2.24, 2.45) is 0 Å². The average molecular weight is 373 g/mol. The molecule has 3 heteroatoms. The van der Waals surface area contributed by atoms with Gasteiger partial charge in [-0.05, 0) is 61.2 Å². The molecule has 0 saturated carbocycles. The van der Waals surface area contributed by atoms with E-state index in [0.717, 1.165) is 5.75 Å². The third kappa shape index (κ3) is 2.37. The molecule has 5 aromatic rings. The van der Waals surface area contributed by atoms with Gasteiger partial charge in [-0.15, -0.1) is 0 Å². The van der Waals surface area contributed by atoms with Crippen molar-refractivity contribution in [3.63, 3.8) is 0 Å². The summed E-state index contributed by atoms with van der Waals surface area (Å²) in [5.74, 6) is 0.891. The second-order valence-corrected chi connectivity index (χ2v) is 7.98. The van der Waals surface area contributed by atoms with Crippen molar-refractivity contribution in [2.45, 2.75) is 13.8 Å². The molecule has 0 atom stereocenters. The van der Waals surface area contributed by atoms with Gasteiger partial charge < -0.3 is 9.22 Å². The molecule has 0 saturated heterocycles. The van der Waals surface area contributed by atoms with Crippen LogP contribution in [0.25, 0.3) is 27.5 Å². The van der Waals surface area contributed by atoms with Crippen LogP contribution in [0.1, 0.15) is 11.1 Å². The lowest BCUT2D eigenvalue weighted by atomic mass is 9.52. The number of rotatable bonds is 2. The molecule has 0 spiro atoms. The molecule has 0 aliphatic carbocycles. The Morgan fingerprint density at radius 1 is 0.690 bits per heavy atom. The van der Waals surface area contributed by atoms with Crippen LogP contribution in [0.3, 0.4) is 0 Å². The zero-order valence-electron chi connectivity index (χ0n) is 16.5. The van der Waals surface area contributed by atoms with E-state index in [0.29, 0.717) is 0 Å². The van der Waals surface area contributed by atoms with Crippen molar-refractivity contribution in [3.8, 4) is 11.4 Å². The van der Waals surface area contributed by atoms with Gasteiger partial charge in [0.15, 0.2) is 0 Å². The van der Waals surface area contributed by atoms with E-state index in [2.05, 4.69) is 73.0 Å². The van der Waals surface area contributed by atoms with Crippen LogP contribution in [0.4, 0.5) is 0 Å². The van der Waals surface area contributed by atoms with Crippen LogP contribution in [0.2, 0.25) is 0 Å². The fourth-order valence-electron chi connectivity index (χ4n) is 4.74. The summed E-state index contributed by atoms with van der Waals surface area (Å²) in [6, 6.07) is 30.1. The minimum atomic E-state index is -0.131. The molecule has 0 radical (unpaired) electrons. The Labute approximate surface area is 170 Å². The first-order valence-electron chi connectivity index (χ1n) is 10.1. The summed E-state index contributed by atoms with van der Waals surface area (Å²) < 4.78 is 9.01. The zero-order valence-corrected chi connectivity index (χ0v) is 16.5. The molecule has 0 N–H and O–H groups in total. The van der Waals surface area contributed by atoms with Crippen molar-refractivity contribution in [1.29, 1.82) is 0 Å². The number of hydrogen-bond acceptors (Lipinski definition) is 1. The van der Waals surface area contributed by atoms with Gasteiger partial charge in [0.25, 0.3) is 0 Å². The molecule has 2 nitrogen and oxygen atoms in total. The Morgan fingerprint density at radius 3 is 2.31 bits per heavy atom. The third-order valence-corrected chi connectivity index (χ3v) is 5.93. The van der Waals surface area contributed by atoms with Gasteiger partial charge in [-0.1, -0.05) is 59.7 Å². The van der Waals surface area contributed by atoms with Crippen LogP contribution in [0.15, 0.2) is 84.9 Å². The molecule has 29 heavy (non-hydrogen) atoms. The summed E-state index contributed by atoms with van der Waals surface area (Å²) in [7, 11) is 0. The van der Waals surface area contributed by atoms with Crippen molar-refractivity contribution < 1.29 is 4.65 Å². The second-order valence-electron chi connectivity index (χ2n) is 7.98. The smallest absolute Gasteiger partial charge is 0.430 e. The first-order chi connectivity index (χ1) is 14.2. The van der Waals surface area contributed by atoms with E-state index in [4.69, 9.17) is 4.65 Å². The van der Waals surface area contributed by atoms with Gasteiger partial charge in [0, 0.05) is 16.5 Å². The largest absolute Gasteiger partial charge is 0.551 e. The normalized spacial score (nSPS) is 12.4. The predicted octanol–water partition coefficient (Wildman–Crippen LogP) is 4.90. The van der Waals surface area contributed by atoms with Crippen LogP contribution < -0.4 is 15.6 Å². The molecular weight excluding hydrogens is 353 g/mol. The highest BCUT2D eigenvalue weighted by Gasteiger charge is 2.35. The van der Waals surface area contributed by atoms with Crippen LogP contribution in [-0.2, 0) is 0 Å². The Balaban J connectivity index is 1.74. The van der Waals surface area contributed by atoms with Crippen LogP contribution in [-0.4, -0.2) is 11.5 Å². The van der Waals surface area contributed by atoms with E-state index in [9.17, 15) is 0 Å². The molecule has 0 bridgehead atoms. The van der Waals surface area contributed by atoms with Gasteiger partial charge in [-0.25, -0.2) is 0 Å². The van der Waals surface area contributed by atoms with E-state index in [1.807, 2.05) is 30.3 Å². The van der Waals surface area contributed by atoms with E-state index < -0.39 is 0 Å². The summed E-state index contributed by atoms with van der Waals surface area (Å²) in [5.41, 5.74) is 8.69. The molecule has 2 heterocycles. The Kier molecular flexibility index (Phi) is 3.42. The summed E-state index contributed by atoms with van der Waals surface area (Å²) >= 11 is 0. The zero-order chi connectivity index (χ0) is 19.5. The Hall–Kier alpha value is -3.46. The highest BCUT2D eigenvalue weighted by molar-refractivity contribution is 6.84. The van der Waals surface area contributed by atoms with Crippen molar-refractivity contribution in [3.05, 3.63) is 96.1 Å². The molecular formula is C26H20BNO. The highest BCUT2D eigenvalue weighted by atomic mass is 16.4. The molecule has 4 aromatic carbocycles. The molecule has 138 valence electrons. The fraction of sp³-hybridized carbons (Fsp3) is 0.0769. The van der Waals surface area contributed by atoms with Crippen LogP contribution in [0, 0.1) is 13.8 Å². The number of benzene rings is 4. The quantitative estimate of drug-likeness (QED) is 0.402. The SMILES string of the molecule is Cc1ccc2c(c1)c1cc(C)cc3c1n2-c1ccccc1B3Oc1ccccc1. The van der Waals surface area contributed by atoms with Crippen molar-refractivity contribution in [2.75, 3.05) is 0 Å². The van der Waals surface area contributed by atoms with Crippen molar-refractivity contribution >= 4 is 39.6 Å². The van der Waals surface area contributed by atoms with Gasteiger partial charge >= 0.3 is 6.92 Å². The first-order valence-corrected chi connectivity index (χ1v) is 10.1. The maximum absolute atomic E-state index is 6.59. The fourth-order valence-corrected chi connectivity index (χ4v) is 4.74. The molecule has 0 amide bonds. The molecule has 0 unspecified atom stereocenters. The lowest BCUT2D eigenvalue weighted by Gasteiger charge is -2.26. The molecule has 0 fully saturated rings. The average Bonchev–Trinajstić information content (AvgIpc) is 3.06. The Bertz CT molecular complexity index is 1400. The van der Waals surface area contributed by atoms with Gasteiger partial charge in [0.2, 0.25) is 0 Å². The summed E-state index contributed by atoms with van der Waals surface area (Å²) in [6.07, 6.45) is 0. The van der Waals surface area contributed by atoms with Crippen molar-refractivity contribution in [1.82, 2.24) is 4.57 Å². The summed E-state index contributed by atoms with van der Waals surface area (Å²) in [6.45, 7) is 4.21. The predicted molar refractivity (Wildman–Crippen MR) is 122 cm³/mol. The molecule has 6 rings (SSSR count). The number of fused-ring (bicyclic) bond motifs is 5. The van der Waals surface area contributed by atoms with Crippen LogP contribution in [0.5, 0.6) is 5.75 Å². The highest BCUT2D eigenvalue weighted by Crippen LogP contribution is 2.34. The van der Waals surface area contributed by atoms with E-state index in [1.54, 1.807) is 0 Å². The molecule has 1 aliphatic rings. The Morgan fingerprint density at radius 2 is 1.45 bits per heavy atom. The monoisotopic (exact) mass is 373 g/mol. The van der Waals surface area contributed by atoms with Crippen LogP contribution >= 0.6 is 0 Å². The molecule has 1 aromatic heterocycles. The van der Waals surface area contributed by atoms with Gasteiger partial charge in [-0.2, -0.15) is 0 Å².